The fraction of sp³-hybridized carbons (Fsp3) is 0.650. The Kier molecular flexibility index (Phi) is 5.77. The smallest absolute Gasteiger partial charge is 0.220 e. The molecule has 3 rings (SSSR count). The van der Waals surface area contributed by atoms with Crippen molar-refractivity contribution in [2.24, 2.45) is 17.8 Å². The second-order valence-electron chi connectivity index (χ2n) is 7.44. The van der Waals surface area contributed by atoms with Crippen molar-refractivity contribution in [3.63, 3.8) is 0 Å². The van der Waals surface area contributed by atoms with Gasteiger partial charge >= 0.3 is 0 Å². The van der Waals surface area contributed by atoms with Gasteiger partial charge in [-0.25, -0.2) is 0 Å². The van der Waals surface area contributed by atoms with Gasteiger partial charge in [-0.15, -0.1) is 0 Å². The monoisotopic (exact) mass is 330 g/mol. The maximum absolute atomic E-state index is 12.6. The third kappa shape index (κ3) is 4.50. The van der Waals surface area contributed by atoms with Crippen LogP contribution in [0.25, 0.3) is 0 Å². The van der Waals surface area contributed by atoms with Gasteiger partial charge in [0.05, 0.1) is 13.2 Å². The Bertz CT molecular complexity index is 533. The minimum atomic E-state index is 0.153. The number of piperidine rings is 1. The third-order valence-electron chi connectivity index (χ3n) is 5.53. The van der Waals surface area contributed by atoms with Crippen molar-refractivity contribution in [1.82, 2.24) is 10.6 Å². The highest BCUT2D eigenvalue weighted by Gasteiger charge is 2.34. The molecule has 1 aliphatic carbocycles. The largest absolute Gasteiger partial charge is 0.497 e. The molecular weight excluding hydrogens is 300 g/mol. The van der Waals surface area contributed by atoms with Gasteiger partial charge in [-0.1, -0.05) is 19.1 Å². The lowest BCUT2D eigenvalue weighted by Crippen LogP contribution is -2.36. The summed E-state index contributed by atoms with van der Waals surface area (Å²) in [4.78, 5) is 12.6. The highest BCUT2D eigenvalue weighted by atomic mass is 16.5. The van der Waals surface area contributed by atoms with Crippen LogP contribution in [0.4, 0.5) is 0 Å². The molecule has 2 fully saturated rings. The highest BCUT2D eigenvalue weighted by Crippen LogP contribution is 2.41. The minimum Gasteiger partial charge on any atom is -0.497 e. The van der Waals surface area contributed by atoms with Crippen LogP contribution in [0.3, 0.4) is 0 Å². The lowest BCUT2D eigenvalue weighted by Gasteiger charge is -2.28. The molecule has 132 valence electrons. The van der Waals surface area contributed by atoms with Crippen LogP contribution in [0.2, 0.25) is 0 Å². The van der Waals surface area contributed by atoms with Gasteiger partial charge in [0, 0.05) is 6.42 Å². The summed E-state index contributed by atoms with van der Waals surface area (Å²) in [6, 6.07) is 8.27. The van der Waals surface area contributed by atoms with Gasteiger partial charge < -0.3 is 15.4 Å². The third-order valence-corrected chi connectivity index (χ3v) is 5.53. The summed E-state index contributed by atoms with van der Waals surface area (Å²) in [5.74, 6) is 2.71. The molecule has 4 heteroatoms. The molecule has 2 aliphatic rings. The summed E-state index contributed by atoms with van der Waals surface area (Å²) in [6.07, 6.45) is 5.52. The molecule has 3 atom stereocenters. The summed E-state index contributed by atoms with van der Waals surface area (Å²) < 4.78 is 5.23. The predicted octanol–water partition coefficient (Wildman–Crippen LogP) is 3.29. The Hall–Kier alpha value is -1.55. The molecule has 1 saturated heterocycles. The standard InChI is InChI=1S/C20H30N2O2/c1-14(17-4-3-11-21-13-17)12-19(23)22-20(15-5-6-15)16-7-9-18(24-2)10-8-16/h7-10,14-15,17,20-21H,3-6,11-13H2,1-2H3,(H,22,23). The van der Waals surface area contributed by atoms with Crippen molar-refractivity contribution in [1.29, 1.82) is 0 Å². The number of hydrogen-bond donors (Lipinski definition) is 2. The first kappa shape index (κ1) is 17.3. The van der Waals surface area contributed by atoms with Gasteiger partial charge in [0.2, 0.25) is 5.91 Å². The molecule has 0 radical (unpaired) electrons. The predicted molar refractivity (Wildman–Crippen MR) is 96.0 cm³/mol. The van der Waals surface area contributed by atoms with E-state index in [9.17, 15) is 4.79 Å². The Labute approximate surface area is 145 Å². The van der Waals surface area contributed by atoms with Gasteiger partial charge in [0.1, 0.15) is 5.75 Å². The Morgan fingerprint density at radius 2 is 2.00 bits per heavy atom. The molecule has 2 N–H and O–H groups in total. The summed E-state index contributed by atoms with van der Waals surface area (Å²) in [7, 11) is 1.68. The maximum atomic E-state index is 12.6. The van der Waals surface area contributed by atoms with Crippen molar-refractivity contribution < 1.29 is 9.53 Å². The van der Waals surface area contributed by atoms with Crippen molar-refractivity contribution in [2.45, 2.75) is 45.1 Å². The Morgan fingerprint density at radius 1 is 1.25 bits per heavy atom. The van der Waals surface area contributed by atoms with Crippen molar-refractivity contribution in [3.05, 3.63) is 29.8 Å². The fourth-order valence-electron chi connectivity index (χ4n) is 3.77. The van der Waals surface area contributed by atoms with Crippen molar-refractivity contribution in [3.8, 4) is 5.75 Å². The SMILES string of the molecule is COc1ccc(C(NC(=O)CC(C)C2CCCNC2)C2CC2)cc1. The number of benzene rings is 1. The van der Waals surface area contributed by atoms with E-state index in [1.807, 2.05) is 12.1 Å². The topological polar surface area (TPSA) is 50.4 Å². The molecule has 1 aromatic rings. The van der Waals surface area contributed by atoms with Gasteiger partial charge in [0.15, 0.2) is 0 Å². The fourth-order valence-corrected chi connectivity index (χ4v) is 3.77. The van der Waals surface area contributed by atoms with E-state index in [2.05, 4.69) is 29.7 Å². The molecule has 4 nitrogen and oxygen atoms in total. The summed E-state index contributed by atoms with van der Waals surface area (Å²) >= 11 is 0. The molecule has 0 spiro atoms. The van der Waals surface area contributed by atoms with Crippen LogP contribution >= 0.6 is 0 Å². The Morgan fingerprint density at radius 3 is 2.58 bits per heavy atom. The van der Waals surface area contributed by atoms with E-state index in [0.29, 0.717) is 24.2 Å². The lowest BCUT2D eigenvalue weighted by molar-refractivity contribution is -0.123. The van der Waals surface area contributed by atoms with Crippen LogP contribution in [0.1, 0.15) is 50.6 Å². The normalized spacial score (nSPS) is 23.3. The zero-order valence-corrected chi connectivity index (χ0v) is 14.9. The average Bonchev–Trinajstić information content (AvgIpc) is 3.45. The molecule has 0 bridgehead atoms. The molecule has 0 aromatic heterocycles. The molecule has 24 heavy (non-hydrogen) atoms. The van der Waals surface area contributed by atoms with E-state index in [4.69, 9.17) is 4.74 Å². The number of nitrogens with one attached hydrogen (secondary N) is 2. The summed E-state index contributed by atoms with van der Waals surface area (Å²) in [6.45, 7) is 4.40. The molecule has 3 unspecified atom stereocenters. The first-order chi connectivity index (χ1) is 11.7. The second-order valence-corrected chi connectivity index (χ2v) is 7.44. The van der Waals surface area contributed by atoms with E-state index < -0.39 is 0 Å². The first-order valence-electron chi connectivity index (χ1n) is 9.31. The van der Waals surface area contributed by atoms with Crippen molar-refractivity contribution in [2.75, 3.05) is 20.2 Å². The highest BCUT2D eigenvalue weighted by molar-refractivity contribution is 5.76. The minimum absolute atomic E-state index is 0.153. The van der Waals surface area contributed by atoms with Gasteiger partial charge in [-0.2, -0.15) is 0 Å². The second kappa shape index (κ2) is 8.02. The van der Waals surface area contributed by atoms with E-state index in [-0.39, 0.29) is 11.9 Å². The zero-order valence-electron chi connectivity index (χ0n) is 14.9. The number of ether oxygens (including phenoxy) is 1. The molecule has 1 saturated carbocycles. The molecule has 1 aliphatic heterocycles. The van der Waals surface area contributed by atoms with Crippen LogP contribution in [-0.2, 0) is 4.79 Å². The van der Waals surface area contributed by atoms with E-state index in [0.717, 1.165) is 18.8 Å². The number of carbonyl (C=O) groups excluding carboxylic acids is 1. The Balaban J connectivity index is 1.57. The van der Waals surface area contributed by atoms with Crippen LogP contribution in [0.5, 0.6) is 5.75 Å². The molecule has 1 heterocycles. The first-order valence-corrected chi connectivity index (χ1v) is 9.31. The van der Waals surface area contributed by atoms with Crippen LogP contribution < -0.4 is 15.4 Å². The molecular formula is C20H30N2O2. The number of carbonyl (C=O) groups is 1. The number of amides is 1. The van der Waals surface area contributed by atoms with Gasteiger partial charge in [0.25, 0.3) is 0 Å². The number of rotatable bonds is 7. The van der Waals surface area contributed by atoms with Crippen LogP contribution in [-0.4, -0.2) is 26.1 Å². The average molecular weight is 330 g/mol. The van der Waals surface area contributed by atoms with Crippen LogP contribution in [0.15, 0.2) is 24.3 Å². The maximum Gasteiger partial charge on any atom is 0.220 e. The molecule has 1 aromatic carbocycles. The van der Waals surface area contributed by atoms with Crippen molar-refractivity contribution >= 4 is 5.91 Å². The quantitative estimate of drug-likeness (QED) is 0.806. The lowest BCUT2D eigenvalue weighted by atomic mass is 9.85. The zero-order chi connectivity index (χ0) is 16.9. The summed E-state index contributed by atoms with van der Waals surface area (Å²) in [5, 5.41) is 6.75. The van der Waals surface area contributed by atoms with Gasteiger partial charge in [-0.3, -0.25) is 4.79 Å². The van der Waals surface area contributed by atoms with E-state index >= 15 is 0 Å². The van der Waals surface area contributed by atoms with Crippen LogP contribution in [0, 0.1) is 17.8 Å². The molecule has 1 amide bonds. The van der Waals surface area contributed by atoms with E-state index in [1.54, 1.807) is 7.11 Å². The van der Waals surface area contributed by atoms with E-state index in [1.165, 1.54) is 31.2 Å². The van der Waals surface area contributed by atoms with Gasteiger partial charge in [-0.05, 0) is 74.2 Å². The number of methoxy groups -OCH3 is 1. The number of hydrogen-bond acceptors (Lipinski definition) is 3. The summed E-state index contributed by atoms with van der Waals surface area (Å²) in [5.41, 5.74) is 1.19.